The smallest absolute Gasteiger partial charge is 0.383 e. The topological polar surface area (TPSA) is 65.0 Å². The van der Waals surface area contributed by atoms with Crippen molar-refractivity contribution in [3.63, 3.8) is 0 Å². The fraction of sp³-hybridized carbons (Fsp3) is 0. The highest BCUT2D eigenvalue weighted by Crippen LogP contribution is 2.05. The van der Waals surface area contributed by atoms with Crippen LogP contribution in [-0.2, 0) is 0 Å². The third-order valence-electron chi connectivity index (χ3n) is 1.58. The van der Waals surface area contributed by atoms with Crippen LogP contribution in [0.5, 0.6) is 5.88 Å². The number of carbonyl (C=O) groups excluding carboxylic acids is 1. The molecule has 0 aromatic carbocycles. The van der Waals surface area contributed by atoms with Crippen molar-refractivity contribution in [2.45, 2.75) is 0 Å². The number of pyridine rings is 1. The lowest BCUT2D eigenvalue weighted by Gasteiger charge is -2.00. The summed E-state index contributed by atoms with van der Waals surface area (Å²) in [5, 5.41) is 0. The second-order valence-corrected chi connectivity index (χ2v) is 2.63. The summed E-state index contributed by atoms with van der Waals surface area (Å²) in [5.41, 5.74) is 0. The van der Waals surface area contributed by atoms with Crippen LogP contribution >= 0.6 is 0 Å². The van der Waals surface area contributed by atoms with Crippen LogP contribution in [0.25, 0.3) is 0 Å². The Hall–Kier alpha value is -2.30. The monoisotopic (exact) mass is 201 g/mol. The van der Waals surface area contributed by atoms with Crippen molar-refractivity contribution < 1.29 is 9.53 Å². The molecule has 0 aliphatic heterocycles. The van der Waals surface area contributed by atoms with Crippen LogP contribution < -0.4 is 4.74 Å². The zero-order valence-corrected chi connectivity index (χ0v) is 7.70. The van der Waals surface area contributed by atoms with E-state index >= 15 is 0 Å². The highest BCUT2D eigenvalue weighted by molar-refractivity contribution is 5.86. The van der Waals surface area contributed by atoms with Crippen molar-refractivity contribution in [3.05, 3.63) is 48.7 Å². The summed E-state index contributed by atoms with van der Waals surface area (Å²) in [6.45, 7) is 0. The summed E-state index contributed by atoms with van der Waals surface area (Å²) in [5.74, 6) is -0.368. The molecule has 0 spiro atoms. The molecule has 2 rings (SSSR count). The van der Waals surface area contributed by atoms with Gasteiger partial charge >= 0.3 is 5.97 Å². The summed E-state index contributed by atoms with van der Waals surface area (Å²) < 4.78 is 4.93. The molecule has 0 bridgehead atoms. The van der Waals surface area contributed by atoms with Gasteiger partial charge in [0.1, 0.15) is 0 Å². The fourth-order valence-corrected chi connectivity index (χ4v) is 0.953. The molecule has 0 radical (unpaired) electrons. The van der Waals surface area contributed by atoms with Crippen molar-refractivity contribution in [3.8, 4) is 5.88 Å². The summed E-state index contributed by atoms with van der Waals surface area (Å²) in [7, 11) is 0. The first-order valence-electron chi connectivity index (χ1n) is 4.26. The van der Waals surface area contributed by atoms with Crippen LogP contribution in [0.15, 0.2) is 42.9 Å². The van der Waals surface area contributed by atoms with Gasteiger partial charge in [0.15, 0.2) is 0 Å². The highest BCUT2D eigenvalue weighted by atomic mass is 16.5. The summed E-state index contributed by atoms with van der Waals surface area (Å²) in [6.07, 6.45) is 4.48. The van der Waals surface area contributed by atoms with E-state index < -0.39 is 5.97 Å². The van der Waals surface area contributed by atoms with Crippen LogP contribution in [0.1, 0.15) is 10.6 Å². The van der Waals surface area contributed by atoms with E-state index in [1.807, 2.05) is 0 Å². The van der Waals surface area contributed by atoms with E-state index in [0.29, 0.717) is 0 Å². The molecule has 0 aliphatic rings. The molecule has 2 heterocycles. The van der Waals surface area contributed by atoms with Crippen molar-refractivity contribution in [1.82, 2.24) is 15.0 Å². The Labute approximate surface area is 85.8 Å². The molecule has 0 amide bonds. The Balaban J connectivity index is 2.12. The number of ether oxygens (including phenoxy) is 1. The molecule has 15 heavy (non-hydrogen) atoms. The Kier molecular flexibility index (Phi) is 2.64. The minimum Gasteiger partial charge on any atom is -0.402 e. The van der Waals surface area contributed by atoms with Gasteiger partial charge in [-0.05, 0) is 12.1 Å². The predicted molar refractivity (Wildman–Crippen MR) is 51.2 cm³/mol. The van der Waals surface area contributed by atoms with Gasteiger partial charge in [0.2, 0.25) is 11.7 Å². The van der Waals surface area contributed by atoms with Crippen molar-refractivity contribution >= 4 is 5.97 Å². The number of hydrogen-bond acceptors (Lipinski definition) is 5. The normalized spacial score (nSPS) is 9.60. The minimum absolute atomic E-state index is 0.0168. The summed E-state index contributed by atoms with van der Waals surface area (Å²) in [6, 6.07) is 6.66. The molecule has 0 N–H and O–H groups in total. The van der Waals surface area contributed by atoms with Gasteiger partial charge in [-0.15, -0.1) is 0 Å². The van der Waals surface area contributed by atoms with E-state index in [2.05, 4.69) is 15.0 Å². The maximum Gasteiger partial charge on any atom is 0.383 e. The molecule has 0 atom stereocenters. The molecule has 0 saturated carbocycles. The molecule has 5 nitrogen and oxygen atoms in total. The molecule has 5 heteroatoms. The van der Waals surface area contributed by atoms with Crippen LogP contribution in [0, 0.1) is 0 Å². The Bertz CT molecular complexity index is 445. The lowest BCUT2D eigenvalue weighted by atomic mass is 10.5. The van der Waals surface area contributed by atoms with Crippen LogP contribution in [0.2, 0.25) is 0 Å². The van der Waals surface area contributed by atoms with Crippen LogP contribution in [0.4, 0.5) is 0 Å². The van der Waals surface area contributed by atoms with Gasteiger partial charge < -0.3 is 4.74 Å². The molecular weight excluding hydrogens is 194 g/mol. The minimum atomic E-state index is -0.616. The third kappa shape index (κ3) is 2.34. The molecule has 2 aromatic heterocycles. The van der Waals surface area contributed by atoms with Gasteiger partial charge in [-0.3, -0.25) is 0 Å². The fourth-order valence-electron chi connectivity index (χ4n) is 0.953. The molecule has 0 fully saturated rings. The number of esters is 1. The van der Waals surface area contributed by atoms with E-state index in [1.54, 1.807) is 24.3 Å². The lowest BCUT2D eigenvalue weighted by Crippen LogP contribution is -2.12. The molecule has 0 saturated heterocycles. The van der Waals surface area contributed by atoms with Crippen LogP contribution in [-0.4, -0.2) is 20.9 Å². The second-order valence-electron chi connectivity index (χ2n) is 2.63. The number of hydrogen-bond donors (Lipinski definition) is 0. The largest absolute Gasteiger partial charge is 0.402 e. The zero-order valence-electron chi connectivity index (χ0n) is 7.70. The van der Waals surface area contributed by atoms with E-state index in [9.17, 15) is 4.79 Å². The SMILES string of the molecule is O=C(Oc1ccccn1)c1ncccn1. The Morgan fingerprint density at radius 1 is 1.00 bits per heavy atom. The first-order chi connectivity index (χ1) is 7.36. The van der Waals surface area contributed by atoms with E-state index in [1.165, 1.54) is 18.6 Å². The van der Waals surface area contributed by atoms with Crippen molar-refractivity contribution in [1.29, 1.82) is 0 Å². The first-order valence-corrected chi connectivity index (χ1v) is 4.26. The van der Waals surface area contributed by atoms with Gasteiger partial charge in [-0.1, -0.05) is 6.07 Å². The molecule has 0 aliphatic carbocycles. The molecular formula is C10H7N3O2. The predicted octanol–water partition coefficient (Wildman–Crippen LogP) is 1.09. The van der Waals surface area contributed by atoms with E-state index in [4.69, 9.17) is 4.74 Å². The van der Waals surface area contributed by atoms with Crippen molar-refractivity contribution in [2.24, 2.45) is 0 Å². The summed E-state index contributed by atoms with van der Waals surface area (Å²) >= 11 is 0. The first kappa shape index (κ1) is 9.26. The van der Waals surface area contributed by atoms with E-state index in [-0.39, 0.29) is 11.7 Å². The number of aromatic nitrogens is 3. The average molecular weight is 201 g/mol. The zero-order chi connectivity index (χ0) is 10.5. The third-order valence-corrected chi connectivity index (χ3v) is 1.58. The van der Waals surface area contributed by atoms with Crippen molar-refractivity contribution in [2.75, 3.05) is 0 Å². The average Bonchev–Trinajstić information content (AvgIpc) is 2.31. The second kappa shape index (κ2) is 4.28. The van der Waals surface area contributed by atoms with Crippen LogP contribution in [0.3, 0.4) is 0 Å². The number of rotatable bonds is 2. The quantitative estimate of drug-likeness (QED) is 0.680. The van der Waals surface area contributed by atoms with Gasteiger partial charge in [-0.2, -0.15) is 0 Å². The Morgan fingerprint density at radius 2 is 1.73 bits per heavy atom. The number of carbonyl (C=O) groups is 1. The highest BCUT2D eigenvalue weighted by Gasteiger charge is 2.10. The maximum absolute atomic E-state index is 11.4. The molecule has 0 unspecified atom stereocenters. The standard InChI is InChI=1S/C10H7N3O2/c14-10(9-12-6-3-7-13-9)15-8-4-1-2-5-11-8/h1-7H. The van der Waals surface area contributed by atoms with Gasteiger partial charge in [0, 0.05) is 24.7 Å². The lowest BCUT2D eigenvalue weighted by molar-refractivity contribution is 0.0714. The van der Waals surface area contributed by atoms with Gasteiger partial charge in [0.25, 0.3) is 0 Å². The number of nitrogens with zero attached hydrogens (tertiary/aromatic N) is 3. The maximum atomic E-state index is 11.4. The van der Waals surface area contributed by atoms with E-state index in [0.717, 1.165) is 0 Å². The summed E-state index contributed by atoms with van der Waals surface area (Å²) in [4.78, 5) is 22.8. The van der Waals surface area contributed by atoms with Gasteiger partial charge in [0.05, 0.1) is 0 Å². The Morgan fingerprint density at radius 3 is 2.40 bits per heavy atom. The van der Waals surface area contributed by atoms with Gasteiger partial charge in [-0.25, -0.2) is 19.7 Å². The molecule has 74 valence electrons. The molecule has 2 aromatic rings.